The molecule has 0 aliphatic rings. The maximum Gasteiger partial charge on any atom is 0.318 e. The standard InChI is InChI=1S/C24H18N4O7/c1-2-34-23-13-16(12-17(15-25)24(29)26-18-6-4-3-5-7-18)8-10-22(23)35-21-11-9-19(27(30)31)14-20(21)28(32)33/h3-14H,2H2,1H3,(H,26,29)/b17-12+. The number of carbonyl (C=O) groups excluding carboxylic acids is 1. The molecule has 0 aliphatic heterocycles. The molecule has 0 atom stereocenters. The zero-order chi connectivity index (χ0) is 25.4. The Morgan fingerprint density at radius 2 is 1.71 bits per heavy atom. The molecule has 176 valence electrons. The minimum absolute atomic E-state index is 0.105. The van der Waals surface area contributed by atoms with Gasteiger partial charge in [-0.1, -0.05) is 24.3 Å². The van der Waals surface area contributed by atoms with E-state index in [0.29, 0.717) is 11.3 Å². The summed E-state index contributed by atoms with van der Waals surface area (Å²) in [6.07, 6.45) is 1.36. The van der Waals surface area contributed by atoms with Gasteiger partial charge >= 0.3 is 5.69 Å². The van der Waals surface area contributed by atoms with Crippen LogP contribution in [0.2, 0.25) is 0 Å². The Morgan fingerprint density at radius 3 is 2.34 bits per heavy atom. The van der Waals surface area contributed by atoms with Gasteiger partial charge in [0.1, 0.15) is 11.6 Å². The smallest absolute Gasteiger partial charge is 0.318 e. The van der Waals surface area contributed by atoms with Crippen molar-refractivity contribution in [1.29, 1.82) is 5.26 Å². The van der Waals surface area contributed by atoms with Crippen molar-refractivity contribution in [2.45, 2.75) is 6.92 Å². The summed E-state index contributed by atoms with van der Waals surface area (Å²) >= 11 is 0. The number of para-hydroxylation sites is 1. The molecule has 3 aromatic carbocycles. The van der Waals surface area contributed by atoms with Crippen LogP contribution in [0.3, 0.4) is 0 Å². The molecular formula is C24H18N4O7. The molecule has 3 aromatic rings. The second-order valence-electron chi connectivity index (χ2n) is 6.90. The van der Waals surface area contributed by atoms with Crippen LogP contribution in [0.25, 0.3) is 6.08 Å². The molecule has 11 heteroatoms. The maximum absolute atomic E-state index is 12.5. The monoisotopic (exact) mass is 474 g/mol. The second kappa shape index (κ2) is 11.1. The van der Waals surface area contributed by atoms with Gasteiger partial charge in [0.25, 0.3) is 11.6 Å². The van der Waals surface area contributed by atoms with E-state index in [1.807, 2.05) is 6.07 Å². The van der Waals surface area contributed by atoms with Gasteiger partial charge in [0.15, 0.2) is 11.5 Å². The predicted octanol–water partition coefficient (Wildman–Crippen LogP) is 5.24. The van der Waals surface area contributed by atoms with E-state index in [1.54, 1.807) is 37.3 Å². The summed E-state index contributed by atoms with van der Waals surface area (Å²) in [6.45, 7) is 1.94. The average molecular weight is 474 g/mol. The molecule has 0 bridgehead atoms. The summed E-state index contributed by atoms with van der Waals surface area (Å²) in [5.41, 5.74) is -0.223. The van der Waals surface area contributed by atoms with Gasteiger partial charge in [0.05, 0.1) is 22.5 Å². The molecule has 0 saturated heterocycles. The normalized spacial score (nSPS) is 10.7. The number of nitro benzene ring substituents is 2. The number of rotatable bonds is 9. The quantitative estimate of drug-likeness (QED) is 0.191. The van der Waals surface area contributed by atoms with E-state index in [1.165, 1.54) is 24.3 Å². The van der Waals surface area contributed by atoms with Crippen LogP contribution in [0.4, 0.5) is 17.1 Å². The number of nitrogens with one attached hydrogen (secondary N) is 1. The van der Waals surface area contributed by atoms with Crippen molar-refractivity contribution in [1.82, 2.24) is 0 Å². The number of hydrogen-bond acceptors (Lipinski definition) is 8. The number of hydrogen-bond donors (Lipinski definition) is 1. The minimum atomic E-state index is -0.787. The number of ether oxygens (including phenoxy) is 2. The Kier molecular flexibility index (Phi) is 7.71. The van der Waals surface area contributed by atoms with E-state index in [4.69, 9.17) is 9.47 Å². The largest absolute Gasteiger partial charge is 0.490 e. The van der Waals surface area contributed by atoms with Gasteiger partial charge < -0.3 is 14.8 Å². The van der Waals surface area contributed by atoms with Crippen molar-refractivity contribution >= 4 is 29.0 Å². The molecular weight excluding hydrogens is 456 g/mol. The van der Waals surface area contributed by atoms with E-state index in [-0.39, 0.29) is 29.4 Å². The Hall–Kier alpha value is -5.24. The van der Waals surface area contributed by atoms with Crippen molar-refractivity contribution in [3.63, 3.8) is 0 Å². The first-order valence-corrected chi connectivity index (χ1v) is 10.2. The highest BCUT2D eigenvalue weighted by Gasteiger charge is 2.22. The third kappa shape index (κ3) is 6.17. The van der Waals surface area contributed by atoms with E-state index >= 15 is 0 Å². The number of carbonyl (C=O) groups is 1. The van der Waals surface area contributed by atoms with E-state index in [0.717, 1.165) is 18.2 Å². The Balaban J connectivity index is 1.91. The molecule has 0 radical (unpaired) electrons. The number of amides is 1. The third-order valence-corrected chi connectivity index (χ3v) is 4.55. The lowest BCUT2D eigenvalue weighted by Gasteiger charge is -2.12. The first-order valence-electron chi connectivity index (χ1n) is 10.2. The van der Waals surface area contributed by atoms with Gasteiger partial charge in [-0.2, -0.15) is 5.26 Å². The molecule has 35 heavy (non-hydrogen) atoms. The fourth-order valence-electron chi connectivity index (χ4n) is 2.97. The number of anilines is 1. The molecule has 0 aliphatic carbocycles. The topological polar surface area (TPSA) is 158 Å². The van der Waals surface area contributed by atoms with Crippen LogP contribution >= 0.6 is 0 Å². The molecule has 0 saturated carbocycles. The minimum Gasteiger partial charge on any atom is -0.490 e. The number of nitrogens with zero attached hydrogens (tertiary/aromatic N) is 3. The molecule has 0 fully saturated rings. The van der Waals surface area contributed by atoms with Gasteiger partial charge in [-0.3, -0.25) is 25.0 Å². The number of benzene rings is 3. The highest BCUT2D eigenvalue weighted by Crippen LogP contribution is 2.38. The lowest BCUT2D eigenvalue weighted by Crippen LogP contribution is -2.13. The van der Waals surface area contributed by atoms with Gasteiger partial charge in [-0.05, 0) is 48.9 Å². The Bertz CT molecular complexity index is 1350. The summed E-state index contributed by atoms with van der Waals surface area (Å²) in [7, 11) is 0. The Labute approximate surface area is 199 Å². The van der Waals surface area contributed by atoms with Gasteiger partial charge in [0.2, 0.25) is 5.75 Å². The first-order chi connectivity index (χ1) is 16.8. The van der Waals surface area contributed by atoms with Crippen LogP contribution in [0, 0.1) is 31.6 Å². The summed E-state index contributed by atoms with van der Waals surface area (Å²) < 4.78 is 11.2. The molecule has 0 aromatic heterocycles. The lowest BCUT2D eigenvalue weighted by molar-refractivity contribution is -0.394. The summed E-state index contributed by atoms with van der Waals surface area (Å²) in [5, 5.41) is 34.4. The summed E-state index contributed by atoms with van der Waals surface area (Å²) in [4.78, 5) is 33.3. The molecule has 0 unspecified atom stereocenters. The zero-order valence-corrected chi connectivity index (χ0v) is 18.3. The highest BCUT2D eigenvalue weighted by molar-refractivity contribution is 6.09. The lowest BCUT2D eigenvalue weighted by atomic mass is 10.1. The molecule has 0 heterocycles. The fourth-order valence-corrected chi connectivity index (χ4v) is 2.97. The summed E-state index contributed by atoms with van der Waals surface area (Å²) in [6, 6.07) is 18.0. The van der Waals surface area contributed by atoms with Crippen molar-refractivity contribution in [2.24, 2.45) is 0 Å². The van der Waals surface area contributed by atoms with Gasteiger partial charge in [-0.25, -0.2) is 0 Å². The third-order valence-electron chi connectivity index (χ3n) is 4.55. The van der Waals surface area contributed by atoms with Gasteiger partial charge in [-0.15, -0.1) is 0 Å². The number of non-ortho nitro benzene ring substituents is 1. The van der Waals surface area contributed by atoms with E-state index in [9.17, 15) is 30.3 Å². The molecule has 11 nitrogen and oxygen atoms in total. The highest BCUT2D eigenvalue weighted by atomic mass is 16.6. The van der Waals surface area contributed by atoms with E-state index < -0.39 is 27.1 Å². The summed E-state index contributed by atoms with van der Waals surface area (Å²) in [5.74, 6) is -0.522. The molecule has 3 rings (SSSR count). The van der Waals surface area contributed by atoms with Gasteiger partial charge in [0, 0.05) is 11.8 Å². The average Bonchev–Trinajstić information content (AvgIpc) is 2.84. The molecule has 0 spiro atoms. The molecule has 1 amide bonds. The molecule has 1 N–H and O–H groups in total. The second-order valence-corrected chi connectivity index (χ2v) is 6.90. The Morgan fingerprint density at radius 1 is 1.00 bits per heavy atom. The van der Waals surface area contributed by atoms with E-state index in [2.05, 4.69) is 5.32 Å². The fraction of sp³-hybridized carbons (Fsp3) is 0.0833. The first kappa shape index (κ1) is 24.4. The predicted molar refractivity (Wildman–Crippen MR) is 126 cm³/mol. The number of nitro groups is 2. The van der Waals surface area contributed by atoms with Crippen LogP contribution in [0.15, 0.2) is 72.3 Å². The van der Waals surface area contributed by atoms with Crippen LogP contribution in [-0.2, 0) is 4.79 Å². The van der Waals surface area contributed by atoms with Crippen LogP contribution in [0.5, 0.6) is 17.2 Å². The van der Waals surface area contributed by atoms with Crippen molar-refractivity contribution in [3.05, 3.63) is 98.1 Å². The van der Waals surface area contributed by atoms with Crippen LogP contribution in [0.1, 0.15) is 12.5 Å². The number of nitriles is 1. The van der Waals surface area contributed by atoms with Crippen molar-refractivity contribution < 1.29 is 24.1 Å². The van der Waals surface area contributed by atoms with Crippen molar-refractivity contribution in [2.75, 3.05) is 11.9 Å². The van der Waals surface area contributed by atoms with Crippen LogP contribution in [-0.4, -0.2) is 22.4 Å². The maximum atomic E-state index is 12.5. The SMILES string of the molecule is CCOc1cc(/C=C(\C#N)C(=O)Nc2ccccc2)ccc1Oc1ccc([N+](=O)[O-])cc1[N+](=O)[O-]. The van der Waals surface area contributed by atoms with Crippen molar-refractivity contribution in [3.8, 4) is 23.3 Å². The zero-order valence-electron chi connectivity index (χ0n) is 18.3. The van der Waals surface area contributed by atoms with Crippen LogP contribution < -0.4 is 14.8 Å².